The van der Waals surface area contributed by atoms with Crippen LogP contribution in [0.2, 0.25) is 0 Å². The number of rotatable bonds is 1. The van der Waals surface area contributed by atoms with Crippen LogP contribution in [0.3, 0.4) is 0 Å². The molecule has 0 fully saturated rings. The Morgan fingerprint density at radius 1 is 0.821 bits per heavy atom. The molecule has 0 amide bonds. The Morgan fingerprint density at radius 2 is 1.36 bits per heavy atom. The number of anilines is 2. The predicted molar refractivity (Wildman–Crippen MR) is 181 cm³/mol. The van der Waals surface area contributed by atoms with Crippen molar-refractivity contribution in [3.63, 3.8) is 0 Å². The minimum Gasteiger partial charge on any atom is -0.399 e. The number of nitrogens with one attached hydrogen (secondary N) is 1. The molecule has 4 heterocycles. The second-order valence-corrected chi connectivity index (χ2v) is 13.4. The van der Waals surface area contributed by atoms with E-state index >= 15 is 0 Å². The molecule has 0 saturated heterocycles. The molecule has 3 aromatic carbocycles. The Balaban J connectivity index is 0.000000130. The standard InChI is InChI=1S/C10H9N3S2.C8H7NS.C7H6N2S.CCl2S/c1-2-8-9(15-6-12-8)5-7(1)13-10-11-3-4-14-10;1-6-2-3-7-8(4-6)10-5-9-7;8-5-1-2-6-7(3-5)10-4-9-6;2-1(3)4/h1-2,5-6H,3-4H2,(H,11,13);2-5H,1H3;1-4H,8H2;. The van der Waals surface area contributed by atoms with Crippen molar-refractivity contribution in [3.05, 3.63) is 76.7 Å². The average Bonchev–Trinajstić information content (AvgIpc) is 3.71. The fourth-order valence-corrected chi connectivity index (χ4v) is 6.27. The molecule has 0 unspecified atom stereocenters. The molecule has 13 heteroatoms. The second-order valence-electron chi connectivity index (χ2n) is 7.82. The van der Waals surface area contributed by atoms with Gasteiger partial charge < -0.3 is 11.1 Å². The summed E-state index contributed by atoms with van der Waals surface area (Å²) in [6.45, 7) is 3.02. The number of nitrogen functional groups attached to an aromatic ring is 1. The highest BCUT2D eigenvalue weighted by Crippen LogP contribution is 2.24. The Kier molecular flexibility index (Phi) is 11.3. The van der Waals surface area contributed by atoms with Crippen molar-refractivity contribution < 1.29 is 0 Å². The zero-order valence-corrected chi connectivity index (χ0v) is 26.1. The van der Waals surface area contributed by atoms with E-state index in [9.17, 15) is 0 Å². The summed E-state index contributed by atoms with van der Waals surface area (Å²) in [5.41, 5.74) is 17.5. The van der Waals surface area contributed by atoms with Crippen LogP contribution in [0.1, 0.15) is 5.56 Å². The number of nitrogens with zero attached hydrogens (tertiary/aromatic N) is 4. The Bertz CT molecular complexity index is 1640. The third kappa shape index (κ3) is 9.35. The second kappa shape index (κ2) is 14.8. The van der Waals surface area contributed by atoms with Crippen LogP contribution < -0.4 is 11.1 Å². The van der Waals surface area contributed by atoms with E-state index in [1.54, 1.807) is 45.8 Å². The van der Waals surface area contributed by atoms with Crippen molar-refractivity contribution >= 4 is 132 Å². The van der Waals surface area contributed by atoms with E-state index in [4.69, 9.17) is 28.9 Å². The number of thioether (sulfide) groups is 1. The number of benzene rings is 3. The van der Waals surface area contributed by atoms with E-state index in [2.05, 4.69) is 68.7 Å². The van der Waals surface area contributed by atoms with Crippen molar-refractivity contribution in [2.75, 3.05) is 23.3 Å². The van der Waals surface area contributed by atoms with Gasteiger partial charge in [-0.3, -0.25) is 4.99 Å². The topological polar surface area (TPSA) is 89.1 Å². The summed E-state index contributed by atoms with van der Waals surface area (Å²) in [6, 6.07) is 18.2. The van der Waals surface area contributed by atoms with Crippen molar-refractivity contribution in [3.8, 4) is 0 Å². The molecule has 0 bridgehead atoms. The largest absolute Gasteiger partial charge is 0.399 e. The summed E-state index contributed by atoms with van der Waals surface area (Å²) in [6.07, 6.45) is 0. The van der Waals surface area contributed by atoms with Gasteiger partial charge in [-0.05, 0) is 61.0 Å². The highest BCUT2D eigenvalue weighted by molar-refractivity contribution is 8.14. The van der Waals surface area contributed by atoms with Crippen LogP contribution in [0, 0.1) is 6.92 Å². The summed E-state index contributed by atoms with van der Waals surface area (Å²) >= 11 is 20.3. The van der Waals surface area contributed by atoms with Crippen molar-refractivity contribution in [1.82, 2.24) is 15.0 Å². The van der Waals surface area contributed by atoms with E-state index in [1.807, 2.05) is 46.9 Å². The van der Waals surface area contributed by atoms with Gasteiger partial charge in [0.25, 0.3) is 0 Å². The monoisotopic (exact) mass is 648 g/mol. The summed E-state index contributed by atoms with van der Waals surface area (Å²) in [5.74, 6) is 1.09. The lowest BCUT2D eigenvalue weighted by molar-refractivity contribution is 1.17. The highest BCUT2D eigenvalue weighted by Gasteiger charge is 2.07. The van der Waals surface area contributed by atoms with Crippen LogP contribution >= 0.6 is 81.2 Å². The van der Waals surface area contributed by atoms with Crippen molar-refractivity contribution in [2.45, 2.75) is 6.92 Å². The van der Waals surface area contributed by atoms with Gasteiger partial charge in [-0.15, -0.1) is 34.0 Å². The lowest BCUT2D eigenvalue weighted by atomic mass is 10.2. The van der Waals surface area contributed by atoms with Gasteiger partial charge in [0.2, 0.25) is 0 Å². The molecule has 0 radical (unpaired) electrons. The van der Waals surface area contributed by atoms with E-state index in [-0.39, 0.29) is 3.78 Å². The maximum Gasteiger partial charge on any atom is 0.169 e. The van der Waals surface area contributed by atoms with Gasteiger partial charge in [-0.2, -0.15) is 0 Å². The first-order valence-corrected chi connectivity index (χ1v) is 16.2. The number of nitrogens with two attached hydrogens (primary N) is 1. The third-order valence-electron chi connectivity index (χ3n) is 5.01. The van der Waals surface area contributed by atoms with Crippen LogP contribution in [-0.4, -0.2) is 36.2 Å². The zero-order chi connectivity index (χ0) is 27.6. The first-order valence-electron chi connectivity index (χ1n) is 11.4. The highest BCUT2D eigenvalue weighted by atomic mass is 35.5. The third-order valence-corrected chi connectivity index (χ3v) is 8.28. The number of hydrogen-bond donors (Lipinski definition) is 2. The molecule has 200 valence electrons. The Hall–Kier alpha value is -2.38. The van der Waals surface area contributed by atoms with Crippen LogP contribution in [0.15, 0.2) is 76.1 Å². The van der Waals surface area contributed by atoms with Crippen molar-refractivity contribution in [1.29, 1.82) is 0 Å². The molecule has 1 aliphatic heterocycles. The van der Waals surface area contributed by atoms with Gasteiger partial charge in [0.1, 0.15) is 0 Å². The molecule has 6 aromatic rings. The summed E-state index contributed by atoms with van der Waals surface area (Å²) < 4.78 is 3.59. The molecule has 0 saturated carbocycles. The molecule has 3 aromatic heterocycles. The van der Waals surface area contributed by atoms with Gasteiger partial charge in [0.05, 0.1) is 53.7 Å². The molecule has 0 aliphatic carbocycles. The number of fused-ring (bicyclic) bond motifs is 3. The van der Waals surface area contributed by atoms with E-state index < -0.39 is 0 Å². The molecular weight excluding hydrogens is 628 g/mol. The first-order chi connectivity index (χ1) is 18.9. The predicted octanol–water partition coefficient (Wildman–Crippen LogP) is 9.04. The van der Waals surface area contributed by atoms with E-state index in [1.165, 1.54) is 15.0 Å². The lowest BCUT2D eigenvalue weighted by Gasteiger charge is -2.04. The fourth-order valence-electron chi connectivity index (χ4n) is 3.30. The van der Waals surface area contributed by atoms with Crippen LogP contribution in [-0.2, 0) is 0 Å². The van der Waals surface area contributed by atoms with Gasteiger partial charge in [0, 0.05) is 17.1 Å². The molecule has 39 heavy (non-hydrogen) atoms. The average molecular weight is 650 g/mol. The van der Waals surface area contributed by atoms with Crippen LogP contribution in [0.4, 0.5) is 11.4 Å². The van der Waals surface area contributed by atoms with Crippen molar-refractivity contribution in [2.24, 2.45) is 4.99 Å². The molecule has 7 rings (SSSR count). The molecule has 1 aliphatic rings. The van der Waals surface area contributed by atoms with Gasteiger partial charge in [-0.1, -0.05) is 53.2 Å². The number of aliphatic imine (C=N–C) groups is 1. The normalized spacial score (nSPS) is 12.0. The number of halogens is 2. The molecule has 3 N–H and O–H groups in total. The summed E-state index contributed by atoms with van der Waals surface area (Å²) in [5, 5.41) is 4.34. The molecule has 0 atom stereocenters. The zero-order valence-electron chi connectivity index (χ0n) is 20.5. The molecule has 6 nitrogen and oxygen atoms in total. The Labute approximate surface area is 257 Å². The number of thiocarbonyl (C=S) groups is 1. The lowest BCUT2D eigenvalue weighted by Crippen LogP contribution is -2.04. The number of hydrogen-bond acceptors (Lipinski definition) is 11. The van der Waals surface area contributed by atoms with Crippen LogP contribution in [0.5, 0.6) is 0 Å². The summed E-state index contributed by atoms with van der Waals surface area (Å²) in [7, 11) is 0. The molecular formula is C26H22Cl2N6S5. The van der Waals surface area contributed by atoms with Gasteiger partial charge in [0.15, 0.2) is 8.95 Å². The summed E-state index contributed by atoms with van der Waals surface area (Å²) in [4.78, 5) is 16.9. The number of aromatic nitrogens is 3. The minimum atomic E-state index is -0.0556. The van der Waals surface area contributed by atoms with Crippen LogP contribution in [0.25, 0.3) is 30.6 Å². The minimum absolute atomic E-state index is 0.0556. The SMILES string of the molecule is Cc1ccc2ncsc2c1.Nc1ccc2ncsc2c1.S=C(Cl)Cl.c1nc2ccc(NC3=NCCS3)cc2s1. The molecule has 0 spiro atoms. The van der Waals surface area contributed by atoms with E-state index in [0.717, 1.165) is 50.1 Å². The first kappa shape index (κ1) is 29.6. The van der Waals surface area contributed by atoms with E-state index in [0.29, 0.717) is 0 Å². The van der Waals surface area contributed by atoms with Gasteiger partial charge in [-0.25, -0.2) is 15.0 Å². The number of aryl methyl sites for hydroxylation is 1. The fraction of sp³-hybridized carbons (Fsp3) is 0.115. The Morgan fingerprint density at radius 3 is 1.95 bits per heavy atom. The smallest absolute Gasteiger partial charge is 0.169 e. The number of thiazole rings is 3. The quantitative estimate of drug-likeness (QED) is 0.104. The maximum absolute atomic E-state index is 5.56. The number of amidine groups is 1. The van der Waals surface area contributed by atoms with Gasteiger partial charge >= 0.3 is 0 Å². The maximum atomic E-state index is 5.56.